The topological polar surface area (TPSA) is 95.9 Å². The minimum atomic E-state index is -0.683. The van der Waals surface area contributed by atoms with Crippen LogP contribution in [0.2, 0.25) is 0 Å². The first kappa shape index (κ1) is 14.3. The van der Waals surface area contributed by atoms with Crippen molar-refractivity contribution in [1.82, 2.24) is 9.97 Å². The number of H-pyrrole nitrogens is 2. The summed E-state index contributed by atoms with van der Waals surface area (Å²) in [5.41, 5.74) is -1.04. The van der Waals surface area contributed by atoms with Crippen molar-refractivity contribution in [2.45, 2.75) is 40.0 Å². The van der Waals surface area contributed by atoms with E-state index in [1.807, 2.05) is 0 Å². The molecule has 108 valence electrons. The molecule has 2 aromatic rings. The van der Waals surface area contributed by atoms with Gasteiger partial charge < -0.3 is 4.42 Å². The van der Waals surface area contributed by atoms with E-state index < -0.39 is 16.9 Å². The van der Waals surface area contributed by atoms with Crippen molar-refractivity contribution in [3.8, 4) is 0 Å². The SMILES string of the molecule is CC(C)(C)CCCc1cc(=O)oc2[nH]c(=O)[nH]c(=O)c12. The molecule has 2 N–H and O–H groups in total. The van der Waals surface area contributed by atoms with Crippen LogP contribution >= 0.6 is 0 Å². The number of hydrogen-bond acceptors (Lipinski definition) is 4. The predicted molar refractivity (Wildman–Crippen MR) is 76.1 cm³/mol. The number of rotatable bonds is 3. The van der Waals surface area contributed by atoms with Crippen molar-refractivity contribution < 1.29 is 4.42 Å². The molecule has 0 aromatic carbocycles. The Morgan fingerprint density at radius 2 is 1.85 bits per heavy atom. The molecule has 0 saturated heterocycles. The van der Waals surface area contributed by atoms with Gasteiger partial charge in [-0.1, -0.05) is 20.8 Å². The van der Waals surface area contributed by atoms with E-state index in [0.29, 0.717) is 12.0 Å². The normalized spacial score (nSPS) is 11.9. The summed E-state index contributed by atoms with van der Waals surface area (Å²) in [5.74, 6) is 0. The molecule has 0 spiro atoms. The molecule has 0 aliphatic heterocycles. The van der Waals surface area contributed by atoms with Gasteiger partial charge in [0.25, 0.3) is 5.56 Å². The lowest BCUT2D eigenvalue weighted by Gasteiger charge is -2.17. The summed E-state index contributed by atoms with van der Waals surface area (Å²) in [4.78, 5) is 39.0. The largest absolute Gasteiger partial charge is 0.405 e. The van der Waals surface area contributed by atoms with Crippen molar-refractivity contribution in [3.05, 3.63) is 42.9 Å². The third-order valence-corrected chi connectivity index (χ3v) is 3.10. The maximum Gasteiger partial charge on any atom is 0.337 e. The number of aromatic amines is 2. The Hall–Kier alpha value is -2.11. The van der Waals surface area contributed by atoms with E-state index in [1.54, 1.807) is 0 Å². The summed E-state index contributed by atoms with van der Waals surface area (Å²) in [6, 6.07) is 1.32. The summed E-state index contributed by atoms with van der Waals surface area (Å²) in [6.07, 6.45) is 2.41. The van der Waals surface area contributed by atoms with Crippen LogP contribution in [0.4, 0.5) is 0 Å². The lowest BCUT2D eigenvalue weighted by atomic mass is 9.89. The van der Waals surface area contributed by atoms with Crippen LogP contribution in [0.5, 0.6) is 0 Å². The van der Waals surface area contributed by atoms with Crippen molar-refractivity contribution >= 4 is 11.1 Å². The number of aromatic nitrogens is 2. The predicted octanol–water partition coefficient (Wildman–Crippen LogP) is 1.54. The van der Waals surface area contributed by atoms with E-state index in [1.165, 1.54) is 6.07 Å². The minimum Gasteiger partial charge on any atom is -0.405 e. The van der Waals surface area contributed by atoms with Gasteiger partial charge in [-0.15, -0.1) is 0 Å². The standard InChI is InChI=1S/C14H18N2O4/c1-14(2,3)6-4-5-8-7-9(17)20-12-10(8)11(18)15-13(19)16-12/h7H,4-6H2,1-3H3,(H2,15,16,18,19). The van der Waals surface area contributed by atoms with Gasteiger partial charge in [-0.3, -0.25) is 14.8 Å². The van der Waals surface area contributed by atoms with Crippen molar-refractivity contribution in [1.29, 1.82) is 0 Å². The lowest BCUT2D eigenvalue weighted by molar-refractivity contribution is 0.365. The molecule has 0 radical (unpaired) electrons. The van der Waals surface area contributed by atoms with Gasteiger partial charge in [0.1, 0.15) is 5.39 Å². The van der Waals surface area contributed by atoms with Crippen LogP contribution in [0.3, 0.4) is 0 Å². The third kappa shape index (κ3) is 3.26. The monoisotopic (exact) mass is 278 g/mol. The number of nitrogens with one attached hydrogen (secondary N) is 2. The highest BCUT2D eigenvalue weighted by Gasteiger charge is 2.13. The second-order valence-electron chi connectivity index (χ2n) is 6.12. The molecule has 2 rings (SSSR count). The van der Waals surface area contributed by atoms with E-state index in [-0.39, 0.29) is 16.5 Å². The van der Waals surface area contributed by atoms with Crippen LogP contribution in [-0.2, 0) is 6.42 Å². The molecule has 0 atom stereocenters. The van der Waals surface area contributed by atoms with Gasteiger partial charge in [0.15, 0.2) is 0 Å². The summed E-state index contributed by atoms with van der Waals surface area (Å²) in [7, 11) is 0. The average Bonchev–Trinajstić information content (AvgIpc) is 2.24. The number of aryl methyl sites for hydroxylation is 1. The molecule has 6 heteroatoms. The van der Waals surface area contributed by atoms with E-state index >= 15 is 0 Å². The van der Waals surface area contributed by atoms with E-state index in [9.17, 15) is 14.4 Å². The molecule has 0 unspecified atom stereocenters. The van der Waals surface area contributed by atoms with E-state index in [0.717, 1.165) is 12.8 Å². The summed E-state index contributed by atoms with van der Waals surface area (Å²) in [5, 5.41) is 0.248. The highest BCUT2D eigenvalue weighted by atomic mass is 16.4. The van der Waals surface area contributed by atoms with E-state index in [4.69, 9.17) is 4.42 Å². The lowest BCUT2D eigenvalue weighted by Crippen LogP contribution is -2.24. The van der Waals surface area contributed by atoms with Crippen LogP contribution in [-0.4, -0.2) is 9.97 Å². The average molecular weight is 278 g/mol. The molecular formula is C14H18N2O4. The minimum absolute atomic E-state index is 0.0583. The second kappa shape index (κ2) is 5.11. The van der Waals surface area contributed by atoms with Gasteiger partial charge >= 0.3 is 11.3 Å². The van der Waals surface area contributed by atoms with Gasteiger partial charge in [-0.05, 0) is 30.2 Å². The highest BCUT2D eigenvalue weighted by Crippen LogP contribution is 2.22. The third-order valence-electron chi connectivity index (χ3n) is 3.10. The molecule has 0 aliphatic carbocycles. The molecule has 0 aliphatic rings. The summed E-state index contributed by atoms with van der Waals surface area (Å²) in [6.45, 7) is 6.40. The summed E-state index contributed by atoms with van der Waals surface area (Å²) >= 11 is 0. The molecule has 20 heavy (non-hydrogen) atoms. The first-order valence-corrected chi connectivity index (χ1v) is 6.56. The number of hydrogen-bond donors (Lipinski definition) is 2. The molecule has 0 bridgehead atoms. The van der Waals surface area contributed by atoms with Gasteiger partial charge in [-0.25, -0.2) is 9.59 Å². The van der Waals surface area contributed by atoms with Crippen LogP contribution in [0.25, 0.3) is 11.1 Å². The van der Waals surface area contributed by atoms with Gasteiger partial charge in [-0.2, -0.15) is 0 Å². The Labute approximate surface area is 114 Å². The van der Waals surface area contributed by atoms with Crippen LogP contribution < -0.4 is 16.9 Å². The zero-order chi connectivity index (χ0) is 14.9. The Morgan fingerprint density at radius 1 is 1.15 bits per heavy atom. The Morgan fingerprint density at radius 3 is 2.50 bits per heavy atom. The fourth-order valence-electron chi connectivity index (χ4n) is 2.18. The smallest absolute Gasteiger partial charge is 0.337 e. The molecule has 2 aromatic heterocycles. The quantitative estimate of drug-likeness (QED) is 0.890. The summed E-state index contributed by atoms with van der Waals surface area (Å²) < 4.78 is 4.88. The van der Waals surface area contributed by atoms with Gasteiger partial charge in [0.05, 0.1) is 0 Å². The highest BCUT2D eigenvalue weighted by molar-refractivity contribution is 5.75. The molecule has 0 fully saturated rings. The van der Waals surface area contributed by atoms with Crippen molar-refractivity contribution in [2.75, 3.05) is 0 Å². The Balaban J connectivity index is 2.45. The van der Waals surface area contributed by atoms with Crippen LogP contribution in [0.1, 0.15) is 39.2 Å². The zero-order valence-electron chi connectivity index (χ0n) is 11.8. The molecule has 0 saturated carbocycles. The van der Waals surface area contributed by atoms with Crippen LogP contribution in [0, 0.1) is 5.41 Å². The number of fused-ring (bicyclic) bond motifs is 1. The second-order valence-corrected chi connectivity index (χ2v) is 6.12. The molecule has 0 amide bonds. The Bertz CT molecular complexity index is 784. The Kier molecular flexibility index (Phi) is 3.65. The maximum atomic E-state index is 11.9. The van der Waals surface area contributed by atoms with Gasteiger partial charge in [0.2, 0.25) is 5.71 Å². The molecular weight excluding hydrogens is 260 g/mol. The van der Waals surface area contributed by atoms with Gasteiger partial charge in [0, 0.05) is 6.07 Å². The van der Waals surface area contributed by atoms with Crippen molar-refractivity contribution in [2.24, 2.45) is 5.41 Å². The molecule has 6 nitrogen and oxygen atoms in total. The van der Waals surface area contributed by atoms with Crippen LogP contribution in [0.15, 0.2) is 24.9 Å². The fourth-order valence-corrected chi connectivity index (χ4v) is 2.18. The maximum absolute atomic E-state index is 11.9. The first-order chi connectivity index (χ1) is 9.26. The first-order valence-electron chi connectivity index (χ1n) is 6.56. The fraction of sp³-hybridized carbons (Fsp3) is 0.500. The van der Waals surface area contributed by atoms with Crippen molar-refractivity contribution in [3.63, 3.8) is 0 Å². The zero-order valence-corrected chi connectivity index (χ0v) is 11.8. The molecule has 2 heterocycles. The van der Waals surface area contributed by atoms with E-state index in [2.05, 4.69) is 30.7 Å².